The topological polar surface area (TPSA) is 12.9 Å². The zero-order valence-electron chi connectivity index (χ0n) is 7.01. The minimum Gasteiger partial charge on any atom is -0.250 e. The number of halogens is 2. The summed E-state index contributed by atoms with van der Waals surface area (Å²) in [4.78, 5) is 3.97. The molecule has 0 aliphatic rings. The van der Waals surface area contributed by atoms with Gasteiger partial charge in [-0.05, 0) is 19.1 Å². The first kappa shape index (κ1) is 8.10. The summed E-state index contributed by atoms with van der Waals surface area (Å²) in [5.74, 6) is -1.19. The van der Waals surface area contributed by atoms with Crippen molar-refractivity contribution < 1.29 is 8.78 Å². The quantitative estimate of drug-likeness (QED) is 0.606. The molecule has 0 saturated heterocycles. The molecule has 0 aliphatic carbocycles. The van der Waals surface area contributed by atoms with Crippen LogP contribution in [0.3, 0.4) is 0 Å². The van der Waals surface area contributed by atoms with Crippen molar-refractivity contribution in [2.75, 3.05) is 0 Å². The van der Waals surface area contributed by atoms with Gasteiger partial charge in [0.05, 0.1) is 0 Å². The van der Waals surface area contributed by atoms with Gasteiger partial charge in [0, 0.05) is 17.1 Å². The molecule has 0 unspecified atom stereocenters. The van der Waals surface area contributed by atoms with E-state index in [2.05, 4.69) is 4.98 Å². The van der Waals surface area contributed by atoms with Crippen LogP contribution < -0.4 is 0 Å². The number of rotatable bonds is 0. The van der Waals surface area contributed by atoms with Gasteiger partial charge in [-0.1, -0.05) is 6.07 Å². The SMILES string of the molecule is Cc1ccc2cc(F)cc(F)c2n1. The molecule has 2 aromatic rings. The lowest BCUT2D eigenvalue weighted by Gasteiger charge is -1.99. The Morgan fingerprint density at radius 2 is 1.92 bits per heavy atom. The van der Waals surface area contributed by atoms with Crippen molar-refractivity contribution in [3.05, 3.63) is 41.6 Å². The molecule has 0 aliphatic heterocycles. The lowest BCUT2D eigenvalue weighted by atomic mass is 10.2. The number of aromatic nitrogens is 1. The third kappa shape index (κ3) is 1.37. The summed E-state index contributed by atoms with van der Waals surface area (Å²) in [7, 11) is 0. The number of pyridine rings is 1. The average molecular weight is 179 g/mol. The Bertz CT molecular complexity index is 466. The highest BCUT2D eigenvalue weighted by Gasteiger charge is 2.04. The second-order valence-corrected chi connectivity index (χ2v) is 2.91. The second-order valence-electron chi connectivity index (χ2n) is 2.91. The first-order chi connectivity index (χ1) is 6.16. The van der Waals surface area contributed by atoms with E-state index in [4.69, 9.17) is 0 Å². The Hall–Kier alpha value is -1.51. The number of aryl methyl sites for hydroxylation is 1. The first-order valence-corrected chi connectivity index (χ1v) is 3.89. The summed E-state index contributed by atoms with van der Waals surface area (Å²) in [5, 5.41) is 0.489. The monoisotopic (exact) mass is 179 g/mol. The molecule has 0 N–H and O–H groups in total. The molecule has 0 atom stereocenters. The average Bonchev–Trinajstić information content (AvgIpc) is 2.06. The molecule has 1 aromatic carbocycles. The van der Waals surface area contributed by atoms with Crippen LogP contribution in [0, 0.1) is 18.6 Å². The van der Waals surface area contributed by atoms with Crippen molar-refractivity contribution in [3.8, 4) is 0 Å². The molecule has 0 bridgehead atoms. The van der Waals surface area contributed by atoms with Crippen LogP contribution in [0.1, 0.15) is 5.69 Å². The molecule has 1 heterocycles. The Balaban J connectivity index is 2.87. The van der Waals surface area contributed by atoms with Gasteiger partial charge in [0.2, 0.25) is 0 Å². The summed E-state index contributed by atoms with van der Waals surface area (Å²) in [6.45, 7) is 1.77. The number of benzene rings is 1. The zero-order chi connectivity index (χ0) is 9.42. The molecular formula is C10H7F2N. The fourth-order valence-electron chi connectivity index (χ4n) is 1.25. The molecule has 2 rings (SSSR count). The molecule has 1 nitrogen and oxygen atoms in total. The summed E-state index contributed by atoms with van der Waals surface area (Å²) >= 11 is 0. The minimum atomic E-state index is -0.612. The molecule has 0 fully saturated rings. The molecule has 0 spiro atoms. The van der Waals surface area contributed by atoms with Crippen LogP contribution >= 0.6 is 0 Å². The van der Waals surface area contributed by atoms with Crippen LogP contribution in [0.2, 0.25) is 0 Å². The van der Waals surface area contributed by atoms with Crippen LogP contribution in [0.25, 0.3) is 10.9 Å². The fraction of sp³-hybridized carbons (Fsp3) is 0.100. The van der Waals surface area contributed by atoms with Crippen molar-refractivity contribution >= 4 is 10.9 Å². The van der Waals surface area contributed by atoms with Crippen LogP contribution in [-0.4, -0.2) is 4.98 Å². The normalized spacial score (nSPS) is 10.7. The maximum atomic E-state index is 13.1. The van der Waals surface area contributed by atoms with Crippen LogP contribution in [0.5, 0.6) is 0 Å². The Morgan fingerprint density at radius 3 is 2.69 bits per heavy atom. The number of hydrogen-bond acceptors (Lipinski definition) is 1. The van der Waals surface area contributed by atoms with E-state index in [1.807, 2.05) is 0 Å². The van der Waals surface area contributed by atoms with E-state index in [1.54, 1.807) is 19.1 Å². The molecule has 66 valence electrons. The predicted molar refractivity (Wildman–Crippen MR) is 46.4 cm³/mol. The standard InChI is InChI=1S/C10H7F2N/c1-6-2-3-7-4-8(11)5-9(12)10(7)13-6/h2-5H,1H3. The molecule has 0 radical (unpaired) electrons. The third-order valence-electron chi connectivity index (χ3n) is 1.85. The molecule has 0 saturated carbocycles. The van der Waals surface area contributed by atoms with E-state index in [1.165, 1.54) is 6.07 Å². The van der Waals surface area contributed by atoms with Crippen molar-refractivity contribution in [1.29, 1.82) is 0 Å². The summed E-state index contributed by atoms with van der Waals surface area (Å²) in [6, 6.07) is 5.49. The highest BCUT2D eigenvalue weighted by atomic mass is 19.1. The largest absolute Gasteiger partial charge is 0.250 e. The number of hydrogen-bond donors (Lipinski definition) is 0. The van der Waals surface area contributed by atoms with E-state index in [-0.39, 0.29) is 5.52 Å². The van der Waals surface area contributed by atoms with Gasteiger partial charge < -0.3 is 0 Å². The highest BCUT2D eigenvalue weighted by Crippen LogP contribution is 2.17. The maximum Gasteiger partial charge on any atom is 0.152 e. The van der Waals surface area contributed by atoms with Gasteiger partial charge in [0.1, 0.15) is 11.3 Å². The lowest BCUT2D eigenvalue weighted by molar-refractivity contribution is 0.590. The lowest BCUT2D eigenvalue weighted by Crippen LogP contribution is -1.88. The van der Waals surface area contributed by atoms with E-state index in [0.717, 1.165) is 11.8 Å². The summed E-state index contributed by atoms with van der Waals surface area (Å²) in [5.41, 5.74) is 0.944. The zero-order valence-corrected chi connectivity index (χ0v) is 7.01. The molecular weight excluding hydrogens is 172 g/mol. The second kappa shape index (κ2) is 2.76. The van der Waals surface area contributed by atoms with E-state index in [0.29, 0.717) is 5.39 Å². The fourth-order valence-corrected chi connectivity index (χ4v) is 1.25. The van der Waals surface area contributed by atoms with E-state index in [9.17, 15) is 8.78 Å². The van der Waals surface area contributed by atoms with Crippen LogP contribution in [0.4, 0.5) is 8.78 Å². The Morgan fingerprint density at radius 1 is 1.15 bits per heavy atom. The summed E-state index contributed by atoms with van der Waals surface area (Å²) < 4.78 is 25.9. The maximum absolute atomic E-state index is 13.1. The van der Waals surface area contributed by atoms with E-state index >= 15 is 0 Å². The van der Waals surface area contributed by atoms with Gasteiger partial charge in [-0.2, -0.15) is 0 Å². The van der Waals surface area contributed by atoms with Crippen molar-refractivity contribution in [2.45, 2.75) is 6.92 Å². The smallest absolute Gasteiger partial charge is 0.152 e. The predicted octanol–water partition coefficient (Wildman–Crippen LogP) is 2.82. The van der Waals surface area contributed by atoms with Gasteiger partial charge in [0.25, 0.3) is 0 Å². The number of fused-ring (bicyclic) bond motifs is 1. The first-order valence-electron chi connectivity index (χ1n) is 3.89. The van der Waals surface area contributed by atoms with Crippen molar-refractivity contribution in [1.82, 2.24) is 4.98 Å². The Labute approximate surface area is 74.0 Å². The van der Waals surface area contributed by atoms with Gasteiger partial charge in [0.15, 0.2) is 5.82 Å². The molecule has 0 amide bonds. The van der Waals surface area contributed by atoms with Gasteiger partial charge >= 0.3 is 0 Å². The molecule has 3 heteroatoms. The third-order valence-corrected chi connectivity index (χ3v) is 1.85. The van der Waals surface area contributed by atoms with Gasteiger partial charge in [-0.15, -0.1) is 0 Å². The molecule has 1 aromatic heterocycles. The highest BCUT2D eigenvalue weighted by molar-refractivity contribution is 5.79. The van der Waals surface area contributed by atoms with Crippen LogP contribution in [0.15, 0.2) is 24.3 Å². The van der Waals surface area contributed by atoms with Crippen molar-refractivity contribution in [3.63, 3.8) is 0 Å². The van der Waals surface area contributed by atoms with Gasteiger partial charge in [-0.25, -0.2) is 8.78 Å². The van der Waals surface area contributed by atoms with Gasteiger partial charge in [-0.3, -0.25) is 4.98 Å². The van der Waals surface area contributed by atoms with E-state index < -0.39 is 11.6 Å². The molecule has 13 heavy (non-hydrogen) atoms. The summed E-state index contributed by atoms with van der Waals surface area (Å²) in [6.07, 6.45) is 0. The number of nitrogens with zero attached hydrogens (tertiary/aromatic N) is 1. The van der Waals surface area contributed by atoms with Crippen molar-refractivity contribution in [2.24, 2.45) is 0 Å². The Kier molecular flexibility index (Phi) is 1.72. The minimum absolute atomic E-state index is 0.224. The van der Waals surface area contributed by atoms with Crippen LogP contribution in [-0.2, 0) is 0 Å².